The Bertz CT molecular complexity index is 757. The summed E-state index contributed by atoms with van der Waals surface area (Å²) >= 11 is 5.28. The van der Waals surface area contributed by atoms with Gasteiger partial charge in [-0.15, -0.1) is 0 Å². The van der Waals surface area contributed by atoms with E-state index in [1.807, 2.05) is 30.3 Å². The molecule has 0 aliphatic carbocycles. The first kappa shape index (κ1) is 16.1. The van der Waals surface area contributed by atoms with Crippen LogP contribution in [0.3, 0.4) is 0 Å². The van der Waals surface area contributed by atoms with E-state index in [1.54, 1.807) is 31.2 Å². The van der Waals surface area contributed by atoms with E-state index in [-0.39, 0.29) is 11.7 Å². The molecule has 2 aromatic rings. The average Bonchev–Trinajstić information content (AvgIpc) is 2.86. The minimum absolute atomic E-state index is 0.0934. The predicted octanol–water partition coefficient (Wildman–Crippen LogP) is 3.02. The molecule has 2 amide bonds. The van der Waals surface area contributed by atoms with Gasteiger partial charge in [0.25, 0.3) is 17.0 Å². The Labute approximate surface area is 145 Å². The molecule has 0 saturated heterocycles. The number of rotatable bonds is 4. The maximum atomic E-state index is 12.7. The Balaban J connectivity index is 1.96. The van der Waals surface area contributed by atoms with Crippen LogP contribution >= 0.6 is 12.2 Å². The van der Waals surface area contributed by atoms with Crippen LogP contribution in [-0.2, 0) is 11.3 Å². The number of hydrogen-bond acceptors (Lipinski definition) is 4. The third kappa shape index (κ3) is 2.88. The fraction of sp³-hybridized carbons (Fsp3) is 0.167. The molecule has 6 heteroatoms. The quantitative estimate of drug-likeness (QED) is 0.632. The molecular formula is C18H16N2O3S. The van der Waals surface area contributed by atoms with Crippen molar-refractivity contribution in [3.8, 4) is 0 Å². The first-order valence-corrected chi connectivity index (χ1v) is 8.00. The second-order valence-electron chi connectivity index (χ2n) is 5.21. The van der Waals surface area contributed by atoms with E-state index in [9.17, 15) is 9.59 Å². The third-order valence-electron chi connectivity index (χ3n) is 3.67. The number of ether oxygens (including phenoxy) is 1. The highest BCUT2D eigenvalue weighted by atomic mass is 32.1. The molecule has 0 saturated carbocycles. The zero-order chi connectivity index (χ0) is 17.1. The number of fused-ring (bicyclic) bond motifs is 1. The number of carbonyl (C=O) groups is 2. The number of nitrogens with zero attached hydrogens (tertiary/aromatic N) is 2. The highest BCUT2D eigenvalue weighted by Crippen LogP contribution is 2.25. The van der Waals surface area contributed by atoms with Crippen LogP contribution < -0.4 is 0 Å². The minimum atomic E-state index is -0.395. The summed E-state index contributed by atoms with van der Waals surface area (Å²) in [6, 6.07) is 16.2. The number of hydrazine groups is 1. The zero-order valence-electron chi connectivity index (χ0n) is 13.1. The molecule has 122 valence electrons. The summed E-state index contributed by atoms with van der Waals surface area (Å²) in [5.74, 6) is -0.790. The molecule has 1 aliphatic rings. The molecule has 3 rings (SSSR count). The van der Waals surface area contributed by atoms with E-state index in [1.165, 1.54) is 5.01 Å². The van der Waals surface area contributed by atoms with Gasteiger partial charge in [-0.1, -0.05) is 42.5 Å². The molecule has 1 heterocycles. The number of imide groups is 1. The molecule has 0 N–H and O–H groups in total. The lowest BCUT2D eigenvalue weighted by atomic mass is 10.1. The van der Waals surface area contributed by atoms with Gasteiger partial charge in [-0.05, 0) is 36.8 Å². The van der Waals surface area contributed by atoms with Crippen molar-refractivity contribution in [2.24, 2.45) is 0 Å². The van der Waals surface area contributed by atoms with Gasteiger partial charge >= 0.3 is 0 Å². The largest absolute Gasteiger partial charge is 0.470 e. The molecule has 0 bridgehead atoms. The maximum absolute atomic E-state index is 12.7. The molecular weight excluding hydrogens is 324 g/mol. The second kappa shape index (κ2) is 6.80. The van der Waals surface area contributed by atoms with Gasteiger partial charge in [0.1, 0.15) is 0 Å². The SMILES string of the molecule is CCOC(=S)N(Cc1ccccc1)N1C(=O)c2ccccc2C1=O. The lowest BCUT2D eigenvalue weighted by Gasteiger charge is -2.31. The Kier molecular flexibility index (Phi) is 4.57. The smallest absolute Gasteiger partial charge is 0.280 e. The summed E-state index contributed by atoms with van der Waals surface area (Å²) in [6.07, 6.45) is 0. The van der Waals surface area contributed by atoms with Crippen LogP contribution in [0.2, 0.25) is 0 Å². The maximum Gasteiger partial charge on any atom is 0.280 e. The van der Waals surface area contributed by atoms with Gasteiger partial charge in [-0.3, -0.25) is 9.59 Å². The van der Waals surface area contributed by atoms with Gasteiger partial charge in [0.05, 0.1) is 24.3 Å². The summed E-state index contributed by atoms with van der Waals surface area (Å²) in [7, 11) is 0. The average molecular weight is 340 g/mol. The van der Waals surface area contributed by atoms with Crippen LogP contribution in [0.1, 0.15) is 33.2 Å². The Morgan fingerprint density at radius 1 is 1.00 bits per heavy atom. The van der Waals surface area contributed by atoms with Gasteiger partial charge in [0, 0.05) is 0 Å². The van der Waals surface area contributed by atoms with Crippen molar-refractivity contribution in [3.05, 3.63) is 71.3 Å². The fourth-order valence-electron chi connectivity index (χ4n) is 2.57. The van der Waals surface area contributed by atoms with E-state index < -0.39 is 11.8 Å². The van der Waals surface area contributed by atoms with E-state index in [4.69, 9.17) is 17.0 Å². The van der Waals surface area contributed by atoms with Crippen LogP contribution in [0.25, 0.3) is 0 Å². The molecule has 0 spiro atoms. The van der Waals surface area contributed by atoms with E-state index in [0.29, 0.717) is 17.7 Å². The summed E-state index contributed by atoms with van der Waals surface area (Å²) in [6.45, 7) is 2.42. The first-order valence-electron chi connectivity index (χ1n) is 7.59. The Morgan fingerprint density at radius 2 is 1.54 bits per heavy atom. The van der Waals surface area contributed by atoms with Crippen molar-refractivity contribution < 1.29 is 14.3 Å². The number of hydrogen-bond donors (Lipinski definition) is 0. The zero-order valence-corrected chi connectivity index (χ0v) is 14.0. The van der Waals surface area contributed by atoms with Crippen LogP contribution in [0.4, 0.5) is 0 Å². The topological polar surface area (TPSA) is 49.9 Å². The summed E-state index contributed by atoms with van der Waals surface area (Å²) in [5, 5.41) is 2.57. The summed E-state index contributed by atoms with van der Waals surface area (Å²) in [4.78, 5) is 25.4. The van der Waals surface area contributed by atoms with Gasteiger partial charge in [-0.25, -0.2) is 5.01 Å². The molecule has 2 aromatic carbocycles. The van der Waals surface area contributed by atoms with E-state index in [2.05, 4.69) is 0 Å². The molecule has 1 aliphatic heterocycles. The molecule has 5 nitrogen and oxygen atoms in total. The second-order valence-corrected chi connectivity index (χ2v) is 5.56. The highest BCUT2D eigenvalue weighted by Gasteiger charge is 2.40. The van der Waals surface area contributed by atoms with Crippen molar-refractivity contribution in [2.75, 3.05) is 6.61 Å². The van der Waals surface area contributed by atoms with Gasteiger partial charge < -0.3 is 4.74 Å². The third-order valence-corrected chi connectivity index (χ3v) is 4.00. The Morgan fingerprint density at radius 3 is 2.08 bits per heavy atom. The van der Waals surface area contributed by atoms with Crippen molar-refractivity contribution >= 4 is 29.2 Å². The number of amides is 2. The number of thiocarbonyl (C=S) groups is 1. The minimum Gasteiger partial charge on any atom is -0.470 e. The molecule has 0 radical (unpaired) electrons. The standard InChI is InChI=1S/C18H16N2O3S/c1-2-23-18(24)19(12-13-8-4-3-5-9-13)20-16(21)14-10-6-7-11-15(14)17(20)22/h3-11H,2,12H2,1H3. The van der Waals surface area contributed by atoms with Crippen LogP contribution in [-0.4, -0.2) is 33.6 Å². The van der Waals surface area contributed by atoms with Crippen LogP contribution in [0.5, 0.6) is 0 Å². The molecule has 0 aromatic heterocycles. The summed E-state index contributed by atoms with van der Waals surface area (Å²) in [5.41, 5.74) is 1.66. The van der Waals surface area contributed by atoms with Crippen molar-refractivity contribution in [2.45, 2.75) is 13.5 Å². The molecule has 24 heavy (non-hydrogen) atoms. The van der Waals surface area contributed by atoms with Crippen LogP contribution in [0.15, 0.2) is 54.6 Å². The normalized spacial score (nSPS) is 13.0. The fourth-order valence-corrected chi connectivity index (χ4v) is 2.83. The lowest BCUT2D eigenvalue weighted by Crippen LogP contribution is -2.49. The molecule has 0 atom stereocenters. The van der Waals surface area contributed by atoms with E-state index in [0.717, 1.165) is 10.6 Å². The number of benzene rings is 2. The van der Waals surface area contributed by atoms with Gasteiger partial charge in [0.15, 0.2) is 0 Å². The Hall–Kier alpha value is -2.73. The highest BCUT2D eigenvalue weighted by molar-refractivity contribution is 7.80. The van der Waals surface area contributed by atoms with E-state index >= 15 is 0 Å². The van der Waals surface area contributed by atoms with Crippen molar-refractivity contribution in [3.63, 3.8) is 0 Å². The van der Waals surface area contributed by atoms with Gasteiger partial charge in [-0.2, -0.15) is 5.01 Å². The van der Waals surface area contributed by atoms with Crippen molar-refractivity contribution in [1.82, 2.24) is 10.0 Å². The lowest BCUT2D eigenvalue weighted by molar-refractivity contribution is 0.0191. The molecule has 0 unspecified atom stereocenters. The van der Waals surface area contributed by atoms with Crippen molar-refractivity contribution in [1.29, 1.82) is 0 Å². The number of carbonyl (C=O) groups excluding carboxylic acids is 2. The molecule has 0 fully saturated rings. The monoisotopic (exact) mass is 340 g/mol. The predicted molar refractivity (Wildman–Crippen MR) is 93.2 cm³/mol. The summed E-state index contributed by atoms with van der Waals surface area (Å²) < 4.78 is 5.40. The van der Waals surface area contributed by atoms with Crippen LogP contribution in [0, 0.1) is 0 Å². The van der Waals surface area contributed by atoms with Gasteiger partial charge in [0.2, 0.25) is 0 Å². The first-order chi connectivity index (χ1) is 11.6.